The maximum absolute atomic E-state index is 11.2. The fourth-order valence-electron chi connectivity index (χ4n) is 0.259. The fourth-order valence-corrected chi connectivity index (χ4v) is 0.259. The van der Waals surface area contributed by atoms with E-state index in [4.69, 9.17) is 5.26 Å². The summed E-state index contributed by atoms with van der Waals surface area (Å²) in [6.07, 6.45) is 0. The van der Waals surface area contributed by atoms with E-state index in [1.54, 1.807) is 0 Å². The molecule has 0 saturated heterocycles. The highest BCUT2D eigenvalue weighted by atomic mass is 19.1. The Hall–Kier alpha value is -1.41. The molecule has 0 bridgehead atoms. The third kappa shape index (κ3) is 4.06. The Balaban J connectivity index is 3.55. The van der Waals surface area contributed by atoms with Crippen LogP contribution in [0.25, 0.3) is 0 Å². The lowest BCUT2D eigenvalue weighted by Crippen LogP contribution is -2.08. The van der Waals surface area contributed by atoms with E-state index in [1.807, 2.05) is 0 Å². The van der Waals surface area contributed by atoms with Crippen LogP contribution in [0.15, 0.2) is 12.2 Å². The van der Waals surface area contributed by atoms with Crippen molar-refractivity contribution in [3.63, 3.8) is 0 Å². The molecule has 0 heterocycles. The fraction of sp³-hybridized carbons (Fsp3) is 0.333. The molecule has 0 unspecified atom stereocenters. The molecular formula is C6H6FNO3. The maximum Gasteiger partial charge on any atom is 0.350 e. The molecule has 0 aromatic rings. The van der Waals surface area contributed by atoms with Gasteiger partial charge in [-0.05, 0) is 0 Å². The molecule has 0 aromatic carbocycles. The number of carbonyl (C=O) groups excluding carboxylic acids is 1. The Labute approximate surface area is 62.8 Å². The van der Waals surface area contributed by atoms with Crippen LogP contribution < -0.4 is 0 Å². The summed E-state index contributed by atoms with van der Waals surface area (Å²) >= 11 is 0. The molecule has 0 fully saturated rings. The van der Waals surface area contributed by atoms with Gasteiger partial charge in [0, 0.05) is 0 Å². The minimum atomic E-state index is -1.04. The van der Waals surface area contributed by atoms with Crippen molar-refractivity contribution < 1.29 is 18.7 Å². The van der Waals surface area contributed by atoms with Gasteiger partial charge in [-0.1, -0.05) is 6.58 Å². The topological polar surface area (TPSA) is 59.3 Å². The maximum atomic E-state index is 11.2. The van der Waals surface area contributed by atoms with E-state index < -0.39 is 19.6 Å². The Morgan fingerprint density at radius 1 is 1.73 bits per heavy atom. The molecule has 60 valence electrons. The van der Waals surface area contributed by atoms with Crippen LogP contribution in [0.4, 0.5) is 4.39 Å². The number of nitrogens with zero attached hydrogens (tertiary/aromatic N) is 1. The number of ether oxygens (including phenoxy) is 2. The highest BCUT2D eigenvalue weighted by Crippen LogP contribution is 1.91. The zero-order valence-corrected chi connectivity index (χ0v) is 5.67. The van der Waals surface area contributed by atoms with Gasteiger partial charge in [-0.3, -0.25) is 0 Å². The van der Waals surface area contributed by atoms with E-state index in [1.165, 1.54) is 6.07 Å². The highest BCUT2D eigenvalue weighted by Gasteiger charge is 2.05. The summed E-state index contributed by atoms with van der Waals surface area (Å²) in [7, 11) is 0. The molecule has 4 nitrogen and oxygen atoms in total. The first-order valence-electron chi connectivity index (χ1n) is 2.62. The third-order valence-corrected chi connectivity index (χ3v) is 0.732. The lowest BCUT2D eigenvalue weighted by Gasteiger charge is -1.99. The van der Waals surface area contributed by atoms with Crippen molar-refractivity contribution in [1.29, 1.82) is 5.26 Å². The molecule has 0 N–H and O–H groups in total. The largest absolute Gasteiger partial charge is 0.434 e. The molecule has 0 saturated carbocycles. The summed E-state index contributed by atoms with van der Waals surface area (Å²) in [6.45, 7) is 1.53. The number of halogens is 1. The summed E-state index contributed by atoms with van der Waals surface area (Å²) < 4.78 is 19.5. The molecule has 0 aliphatic heterocycles. The average molecular weight is 159 g/mol. The van der Waals surface area contributed by atoms with Gasteiger partial charge in [0.15, 0.2) is 13.7 Å². The van der Waals surface area contributed by atoms with Gasteiger partial charge in [0.25, 0.3) is 0 Å². The van der Waals surface area contributed by atoms with Gasteiger partial charge >= 0.3 is 5.97 Å². The van der Waals surface area contributed by atoms with E-state index in [0.29, 0.717) is 0 Å². The van der Waals surface area contributed by atoms with E-state index in [9.17, 15) is 9.18 Å². The predicted molar refractivity (Wildman–Crippen MR) is 32.8 cm³/mol. The van der Waals surface area contributed by atoms with Crippen LogP contribution in [0, 0.1) is 11.3 Å². The Morgan fingerprint density at radius 3 is 2.82 bits per heavy atom. The third-order valence-electron chi connectivity index (χ3n) is 0.732. The van der Waals surface area contributed by atoms with Crippen molar-refractivity contribution in [1.82, 2.24) is 0 Å². The van der Waals surface area contributed by atoms with E-state index in [-0.39, 0.29) is 5.57 Å². The zero-order valence-electron chi connectivity index (χ0n) is 5.67. The Bertz CT molecular complexity index is 196. The smallest absolute Gasteiger partial charge is 0.350 e. The number of alkyl halides is 1. The van der Waals surface area contributed by atoms with E-state index in [2.05, 4.69) is 16.1 Å². The second kappa shape index (κ2) is 5.38. The number of nitriles is 1. The molecule has 0 amide bonds. The molecule has 0 spiro atoms. The predicted octanol–water partition coefficient (Wildman–Crippen LogP) is 0.510. The van der Waals surface area contributed by atoms with Crippen molar-refractivity contribution in [2.24, 2.45) is 0 Å². The van der Waals surface area contributed by atoms with Gasteiger partial charge in [0.1, 0.15) is 11.6 Å². The van der Waals surface area contributed by atoms with Crippen molar-refractivity contribution in [2.45, 2.75) is 0 Å². The van der Waals surface area contributed by atoms with Crippen LogP contribution in [-0.2, 0) is 14.3 Å². The van der Waals surface area contributed by atoms with Crippen LogP contribution in [0.3, 0.4) is 0 Å². The molecule has 0 atom stereocenters. The zero-order chi connectivity index (χ0) is 8.69. The van der Waals surface area contributed by atoms with Crippen LogP contribution >= 0.6 is 0 Å². The molecule has 5 heteroatoms. The normalized spacial score (nSPS) is 8.36. The van der Waals surface area contributed by atoms with E-state index >= 15 is 0 Å². The molecule has 11 heavy (non-hydrogen) atoms. The minimum Gasteiger partial charge on any atom is -0.434 e. The lowest BCUT2D eigenvalue weighted by atomic mass is 10.3. The van der Waals surface area contributed by atoms with Crippen molar-refractivity contribution in [3.05, 3.63) is 12.2 Å². The van der Waals surface area contributed by atoms with Crippen molar-refractivity contribution in [3.8, 4) is 6.07 Å². The van der Waals surface area contributed by atoms with Gasteiger partial charge in [0.05, 0.1) is 0 Å². The average Bonchev–Trinajstić information content (AvgIpc) is 2.03. The number of hydrogen-bond donors (Lipinski definition) is 0. The summed E-state index contributed by atoms with van der Waals surface area (Å²) in [4.78, 5) is 10.5. The second-order valence-electron chi connectivity index (χ2n) is 1.45. The number of hydrogen-bond acceptors (Lipinski definition) is 4. The summed E-state index contributed by atoms with van der Waals surface area (Å²) in [5, 5.41) is 8.10. The van der Waals surface area contributed by atoms with Gasteiger partial charge in [0.2, 0.25) is 0 Å². The first-order valence-corrected chi connectivity index (χ1v) is 2.62. The van der Waals surface area contributed by atoms with Gasteiger partial charge in [-0.25, -0.2) is 9.18 Å². The first-order chi connectivity index (χ1) is 5.22. The van der Waals surface area contributed by atoms with Crippen LogP contribution in [0.1, 0.15) is 0 Å². The van der Waals surface area contributed by atoms with Gasteiger partial charge in [-0.15, -0.1) is 0 Å². The van der Waals surface area contributed by atoms with Crippen molar-refractivity contribution in [2.75, 3.05) is 13.7 Å². The standard InChI is InChI=1S/C6H6FNO3/c1-5(2-8)6(9)11-4-10-3-7/h1,3-4H2. The monoisotopic (exact) mass is 159 g/mol. The van der Waals surface area contributed by atoms with E-state index in [0.717, 1.165) is 0 Å². The van der Waals surface area contributed by atoms with Crippen LogP contribution in [0.2, 0.25) is 0 Å². The summed E-state index contributed by atoms with van der Waals surface area (Å²) in [6, 6.07) is 1.47. The quantitative estimate of drug-likeness (QED) is 0.197. The van der Waals surface area contributed by atoms with Gasteiger partial charge < -0.3 is 9.47 Å². The molecule has 0 rings (SSSR count). The molecule has 0 radical (unpaired) electrons. The molecular weight excluding hydrogens is 153 g/mol. The molecule has 0 aromatic heterocycles. The summed E-state index contributed by atoms with van der Waals surface area (Å²) in [5.74, 6) is -0.902. The number of carbonyl (C=O) groups is 1. The molecule has 0 aliphatic rings. The minimum absolute atomic E-state index is 0.340. The summed E-state index contributed by atoms with van der Waals surface area (Å²) in [5.41, 5.74) is -0.340. The highest BCUT2D eigenvalue weighted by molar-refractivity contribution is 5.91. The van der Waals surface area contributed by atoms with Crippen LogP contribution in [-0.4, -0.2) is 19.6 Å². The first kappa shape index (κ1) is 9.59. The van der Waals surface area contributed by atoms with Gasteiger partial charge in [-0.2, -0.15) is 5.26 Å². The Morgan fingerprint density at radius 2 is 2.36 bits per heavy atom. The van der Waals surface area contributed by atoms with Crippen molar-refractivity contribution >= 4 is 5.97 Å². The number of rotatable bonds is 4. The number of esters is 1. The SMILES string of the molecule is C=C(C#N)C(=O)OCOCF. The Kier molecular flexibility index (Phi) is 4.69. The lowest BCUT2D eigenvalue weighted by molar-refractivity contribution is -0.154. The molecule has 0 aliphatic carbocycles. The van der Waals surface area contributed by atoms with Crippen LogP contribution in [0.5, 0.6) is 0 Å². The second-order valence-corrected chi connectivity index (χ2v) is 1.45.